The normalized spacial score (nSPS) is 21.9. The van der Waals surface area contributed by atoms with Crippen molar-refractivity contribution in [1.29, 1.82) is 0 Å². The van der Waals surface area contributed by atoms with E-state index in [2.05, 4.69) is 41.5 Å². The Morgan fingerprint density at radius 2 is 1.43 bits per heavy atom. The fourth-order valence-corrected chi connectivity index (χ4v) is 15.7. The Morgan fingerprint density at radius 1 is 1.00 bits per heavy atom. The van der Waals surface area contributed by atoms with Crippen molar-refractivity contribution >= 4 is 15.9 Å². The molecule has 0 aromatic heterocycles. The molecule has 134 valence electrons. The van der Waals surface area contributed by atoms with Crippen LogP contribution in [0.4, 0.5) is 3.50 Å². The second kappa shape index (κ2) is 10.6. The van der Waals surface area contributed by atoms with E-state index in [0.717, 1.165) is 33.4 Å². The Balaban J connectivity index is 3.26. The minimum atomic E-state index is -4.01. The zero-order chi connectivity index (χ0) is 17.5. The van der Waals surface area contributed by atoms with Crippen LogP contribution >= 0.6 is 0 Å². The number of hydrogen-bond donors (Lipinski definition) is 0. The average Bonchev–Trinajstić information content (AvgIpc) is 3.03. The molecule has 6 heteroatoms. The first-order valence-electron chi connectivity index (χ1n) is 8.90. The number of allylic oxidation sites excluding steroid dienone is 4. The fraction of sp³-hybridized carbons (Fsp3) is 0.765. The predicted octanol–water partition coefficient (Wildman–Crippen LogP) is 4.56. The van der Waals surface area contributed by atoms with Crippen LogP contribution in [0.1, 0.15) is 67.2 Å². The first kappa shape index (κ1) is 21.8. The van der Waals surface area contributed by atoms with Gasteiger partial charge in [-0.1, -0.05) is 0 Å². The van der Waals surface area contributed by atoms with Gasteiger partial charge in [0.25, 0.3) is 0 Å². The van der Waals surface area contributed by atoms with Gasteiger partial charge in [0.05, 0.1) is 0 Å². The summed E-state index contributed by atoms with van der Waals surface area (Å²) in [6.07, 6.45) is 7.64. The van der Waals surface area contributed by atoms with Gasteiger partial charge in [-0.2, -0.15) is 0 Å². The third-order valence-electron chi connectivity index (χ3n) is 4.34. The van der Waals surface area contributed by atoms with Crippen molar-refractivity contribution in [3.05, 3.63) is 19.8 Å². The molecule has 3 atom stereocenters. The van der Waals surface area contributed by atoms with Crippen LogP contribution in [0.3, 0.4) is 0 Å². The molecule has 0 saturated carbocycles. The first-order valence-corrected chi connectivity index (χ1v) is 15.7. The molecule has 0 aromatic carbocycles. The summed E-state index contributed by atoms with van der Waals surface area (Å²) in [5.74, 6) is 0. The third-order valence-corrected chi connectivity index (χ3v) is 16.5. The van der Waals surface area contributed by atoms with Gasteiger partial charge in [-0.3, -0.25) is 0 Å². The second-order valence-corrected chi connectivity index (χ2v) is 14.4. The van der Waals surface area contributed by atoms with E-state index in [1.807, 2.05) is 12.2 Å². The summed E-state index contributed by atoms with van der Waals surface area (Å²) in [6.45, 7) is 12.5. The fourth-order valence-electron chi connectivity index (χ4n) is 2.34. The topological polar surface area (TPSA) is 27.7 Å². The van der Waals surface area contributed by atoms with Crippen LogP contribution in [0, 0.1) is 0 Å². The number of halogens is 1. The van der Waals surface area contributed by atoms with Crippen LogP contribution in [0.2, 0.25) is 0 Å². The Hall–Kier alpha value is 0.716. The van der Waals surface area contributed by atoms with E-state index in [9.17, 15) is 3.50 Å². The van der Waals surface area contributed by atoms with Gasteiger partial charge in [0.15, 0.2) is 0 Å². The maximum atomic E-state index is 13.7. The summed E-state index contributed by atoms with van der Waals surface area (Å²) in [7, 11) is 0. The molecule has 1 aliphatic rings. The van der Waals surface area contributed by atoms with Gasteiger partial charge < -0.3 is 0 Å². The Morgan fingerprint density at radius 3 is 1.78 bits per heavy atom. The standard InChI is InChI=1S/C5H6FGe.3C4H9O.Zr/c6-7-5-3-1-2-4-5;3*1-3-4(2)5;/h1,3H,2,7H2;3*4H,3H2,1-2H3;/q;3*-1;+3. The van der Waals surface area contributed by atoms with Crippen molar-refractivity contribution in [2.24, 2.45) is 0 Å². The molecule has 1 aliphatic carbocycles. The molecule has 0 fully saturated rings. The van der Waals surface area contributed by atoms with E-state index in [0.29, 0.717) is 0 Å². The van der Waals surface area contributed by atoms with E-state index < -0.39 is 37.5 Å². The minimum absolute atomic E-state index is 0.0698. The van der Waals surface area contributed by atoms with Gasteiger partial charge in [-0.25, -0.2) is 0 Å². The molecule has 0 saturated heterocycles. The van der Waals surface area contributed by atoms with Crippen molar-refractivity contribution in [2.45, 2.75) is 85.5 Å². The molecule has 0 N–H and O–H groups in total. The Labute approximate surface area is 154 Å². The van der Waals surface area contributed by atoms with E-state index in [-0.39, 0.29) is 18.3 Å². The zero-order valence-corrected chi connectivity index (χ0v) is 21.0. The van der Waals surface area contributed by atoms with Gasteiger partial charge in [-0.15, -0.1) is 0 Å². The first-order chi connectivity index (χ1) is 10.9. The van der Waals surface area contributed by atoms with Crippen LogP contribution in [0.5, 0.6) is 0 Å². The maximum absolute atomic E-state index is 13.7. The number of hydrogen-bond acceptors (Lipinski definition) is 3. The molecule has 0 spiro atoms. The summed E-state index contributed by atoms with van der Waals surface area (Å²) in [4.78, 5) is 0. The SMILES string of the molecule is CCC(C)[O][Zr]([O]C(C)CC)([O]C(C)CC)[C]1=[C]([GeH2][F])C=CC1. The molecule has 1 rings (SSSR count). The summed E-state index contributed by atoms with van der Waals surface area (Å²) >= 11 is -6.20. The molecule has 3 nitrogen and oxygen atoms in total. The molecule has 0 aromatic rings. The molecule has 0 heterocycles. The molecule has 3 unspecified atom stereocenters. The van der Waals surface area contributed by atoms with Crippen molar-refractivity contribution in [1.82, 2.24) is 0 Å². The molecule has 0 aliphatic heterocycles. The van der Waals surface area contributed by atoms with Gasteiger partial charge in [0, 0.05) is 0 Å². The van der Waals surface area contributed by atoms with Crippen LogP contribution < -0.4 is 0 Å². The van der Waals surface area contributed by atoms with Crippen LogP contribution in [-0.2, 0) is 30.0 Å². The number of rotatable bonds is 11. The van der Waals surface area contributed by atoms with E-state index in [4.69, 9.17) is 8.44 Å². The van der Waals surface area contributed by atoms with E-state index >= 15 is 0 Å². The second-order valence-electron chi connectivity index (χ2n) is 6.31. The van der Waals surface area contributed by atoms with Crippen molar-refractivity contribution in [3.8, 4) is 0 Å². The van der Waals surface area contributed by atoms with Crippen molar-refractivity contribution in [2.75, 3.05) is 0 Å². The molecule has 0 bridgehead atoms. The predicted molar refractivity (Wildman–Crippen MR) is 92.9 cm³/mol. The van der Waals surface area contributed by atoms with E-state index in [1.165, 1.54) is 0 Å². The molecule has 0 amide bonds. The summed E-state index contributed by atoms with van der Waals surface area (Å²) in [5.41, 5.74) is 0. The third kappa shape index (κ3) is 6.18. The van der Waals surface area contributed by atoms with Gasteiger partial charge in [0.2, 0.25) is 0 Å². The van der Waals surface area contributed by atoms with Gasteiger partial charge in [0.1, 0.15) is 0 Å². The van der Waals surface area contributed by atoms with Crippen molar-refractivity contribution < 1.29 is 33.5 Å². The molecular formula is C17H33FGeO3Zr. The summed E-state index contributed by atoms with van der Waals surface area (Å²) in [5, 5.41) is 0. The quantitative estimate of drug-likeness (QED) is 0.417. The van der Waals surface area contributed by atoms with Crippen LogP contribution in [-0.4, -0.2) is 34.2 Å². The molecular weight excluding hydrogens is 435 g/mol. The van der Waals surface area contributed by atoms with Crippen LogP contribution in [0.25, 0.3) is 0 Å². The average molecular weight is 468 g/mol. The summed E-state index contributed by atoms with van der Waals surface area (Å²) < 4.78 is 35.1. The zero-order valence-electron chi connectivity index (χ0n) is 15.5. The molecule has 0 radical (unpaired) electrons. The Kier molecular flexibility index (Phi) is 10.1. The Bertz CT molecular complexity index is 397. The van der Waals surface area contributed by atoms with Crippen LogP contribution in [0.15, 0.2) is 19.8 Å². The van der Waals surface area contributed by atoms with E-state index in [1.54, 1.807) is 0 Å². The summed E-state index contributed by atoms with van der Waals surface area (Å²) in [6, 6.07) is 0. The monoisotopic (exact) mass is 468 g/mol. The van der Waals surface area contributed by atoms with Gasteiger partial charge in [-0.05, 0) is 0 Å². The molecule has 23 heavy (non-hydrogen) atoms. The van der Waals surface area contributed by atoms with Gasteiger partial charge >= 0.3 is 155 Å². The van der Waals surface area contributed by atoms with Crippen molar-refractivity contribution in [3.63, 3.8) is 0 Å².